The molecule has 0 atom stereocenters. The lowest BCUT2D eigenvalue weighted by atomic mass is 10.1. The zero-order valence-corrected chi connectivity index (χ0v) is 18.0. The molecule has 0 bridgehead atoms. The molecule has 0 aliphatic rings. The van der Waals surface area contributed by atoms with Crippen molar-refractivity contribution in [1.82, 2.24) is 15.0 Å². The number of allylic oxidation sites excluding steroid dienone is 1. The Labute approximate surface area is 182 Å². The van der Waals surface area contributed by atoms with E-state index in [-0.39, 0.29) is 11.3 Å². The van der Waals surface area contributed by atoms with Crippen molar-refractivity contribution in [2.45, 2.75) is 24.7 Å². The smallest absolute Gasteiger partial charge is 0.295 e. The zero-order valence-electron chi connectivity index (χ0n) is 17.2. The third-order valence-corrected chi connectivity index (χ3v) is 5.33. The van der Waals surface area contributed by atoms with Gasteiger partial charge in [0.2, 0.25) is 5.95 Å². The topological polar surface area (TPSA) is 131 Å². The molecule has 9 heteroatoms. The first kappa shape index (κ1) is 22.5. The van der Waals surface area contributed by atoms with Crippen LogP contribution in [-0.2, 0) is 23.0 Å². The van der Waals surface area contributed by atoms with Crippen LogP contribution in [0.5, 0.6) is 0 Å². The molecule has 4 N–H and O–H groups in total. The zero-order chi connectivity index (χ0) is 22.3. The van der Waals surface area contributed by atoms with E-state index in [2.05, 4.69) is 20.3 Å². The number of aromatic nitrogens is 3. The van der Waals surface area contributed by atoms with Crippen molar-refractivity contribution in [2.24, 2.45) is 5.73 Å². The standard InChI is InChI=1S/C22H25N5O3S/c1-2-6-18-10-9-17(13-19(18)31(28,29)30)15-21-25-20(14-16-7-4-3-5-8-16)26-22(27-21)24-12-11-23/h2-10,13H,11-12,14-15,23H2,1H3,(H,28,29,30)(H,24,25,26,27)/b6-2+. The van der Waals surface area contributed by atoms with Gasteiger partial charge in [-0.15, -0.1) is 0 Å². The SMILES string of the molecule is C/C=C/c1ccc(Cc2nc(Cc3ccccc3)nc(NCCN)n2)cc1S(=O)(=O)O. The number of nitrogens with two attached hydrogens (primary N) is 1. The molecular weight excluding hydrogens is 414 g/mol. The van der Waals surface area contributed by atoms with Gasteiger partial charge in [0.1, 0.15) is 16.5 Å². The van der Waals surface area contributed by atoms with Gasteiger partial charge in [0.15, 0.2) is 0 Å². The highest BCUT2D eigenvalue weighted by Gasteiger charge is 2.16. The monoisotopic (exact) mass is 439 g/mol. The van der Waals surface area contributed by atoms with Gasteiger partial charge >= 0.3 is 0 Å². The summed E-state index contributed by atoms with van der Waals surface area (Å²) in [7, 11) is -4.37. The molecule has 8 nitrogen and oxygen atoms in total. The molecule has 3 aromatic rings. The van der Waals surface area contributed by atoms with Crippen LogP contribution in [0.25, 0.3) is 6.08 Å². The predicted molar refractivity (Wildman–Crippen MR) is 120 cm³/mol. The Balaban J connectivity index is 1.95. The molecule has 0 radical (unpaired) electrons. The molecule has 1 heterocycles. The molecule has 31 heavy (non-hydrogen) atoms. The van der Waals surface area contributed by atoms with E-state index in [1.165, 1.54) is 6.07 Å². The molecule has 0 saturated heterocycles. The normalized spacial score (nSPS) is 11.7. The van der Waals surface area contributed by atoms with E-state index in [9.17, 15) is 13.0 Å². The Morgan fingerprint density at radius 2 is 1.68 bits per heavy atom. The first-order chi connectivity index (χ1) is 14.9. The van der Waals surface area contributed by atoms with Gasteiger partial charge in [-0.1, -0.05) is 54.6 Å². The van der Waals surface area contributed by atoms with Crippen molar-refractivity contribution in [1.29, 1.82) is 0 Å². The molecule has 162 valence electrons. The fourth-order valence-corrected chi connectivity index (χ4v) is 3.81. The number of anilines is 1. The number of benzene rings is 2. The summed E-state index contributed by atoms with van der Waals surface area (Å²) in [6, 6.07) is 14.7. The maximum Gasteiger partial charge on any atom is 0.295 e. The molecule has 3 rings (SSSR count). The molecule has 0 amide bonds. The molecule has 0 aliphatic carbocycles. The summed E-state index contributed by atoms with van der Waals surface area (Å²) in [5, 5.41) is 3.08. The van der Waals surface area contributed by atoms with Gasteiger partial charge in [-0.05, 0) is 29.7 Å². The van der Waals surface area contributed by atoms with E-state index in [0.29, 0.717) is 48.2 Å². The van der Waals surface area contributed by atoms with Gasteiger partial charge in [-0.3, -0.25) is 4.55 Å². The average Bonchev–Trinajstić information content (AvgIpc) is 2.73. The first-order valence-electron chi connectivity index (χ1n) is 9.84. The molecule has 0 aliphatic heterocycles. The van der Waals surface area contributed by atoms with Crippen LogP contribution in [0.1, 0.15) is 35.3 Å². The Kier molecular flexibility index (Phi) is 7.45. The minimum Gasteiger partial charge on any atom is -0.353 e. The third kappa shape index (κ3) is 6.42. The lowest BCUT2D eigenvalue weighted by molar-refractivity contribution is 0.483. The van der Waals surface area contributed by atoms with Crippen molar-refractivity contribution in [3.05, 3.63) is 82.9 Å². The minimum atomic E-state index is -4.37. The van der Waals surface area contributed by atoms with Crippen molar-refractivity contribution in [2.75, 3.05) is 18.4 Å². The second kappa shape index (κ2) is 10.3. The van der Waals surface area contributed by atoms with Crippen LogP contribution in [0.15, 0.2) is 59.5 Å². The van der Waals surface area contributed by atoms with Crippen LogP contribution < -0.4 is 11.1 Å². The summed E-state index contributed by atoms with van der Waals surface area (Å²) in [5.41, 5.74) is 7.71. The van der Waals surface area contributed by atoms with Gasteiger partial charge in [-0.2, -0.15) is 18.4 Å². The van der Waals surface area contributed by atoms with Crippen LogP contribution in [0.3, 0.4) is 0 Å². The summed E-state index contributed by atoms with van der Waals surface area (Å²) >= 11 is 0. The van der Waals surface area contributed by atoms with E-state index >= 15 is 0 Å². The van der Waals surface area contributed by atoms with Crippen LogP contribution in [0, 0.1) is 0 Å². The minimum absolute atomic E-state index is 0.150. The second-order valence-corrected chi connectivity index (χ2v) is 8.28. The molecule has 0 unspecified atom stereocenters. The van der Waals surface area contributed by atoms with Gasteiger partial charge in [-0.25, -0.2) is 4.98 Å². The largest absolute Gasteiger partial charge is 0.353 e. The van der Waals surface area contributed by atoms with Gasteiger partial charge in [0.25, 0.3) is 10.1 Å². The van der Waals surface area contributed by atoms with E-state index in [1.54, 1.807) is 31.2 Å². The van der Waals surface area contributed by atoms with E-state index < -0.39 is 10.1 Å². The first-order valence-corrected chi connectivity index (χ1v) is 11.3. The summed E-state index contributed by atoms with van der Waals surface area (Å²) in [6.45, 7) is 2.72. The Morgan fingerprint density at radius 3 is 2.29 bits per heavy atom. The number of nitrogens with zero attached hydrogens (tertiary/aromatic N) is 3. The number of rotatable bonds is 9. The Morgan fingerprint density at radius 1 is 1.00 bits per heavy atom. The maximum absolute atomic E-state index is 11.8. The predicted octanol–water partition coefficient (Wildman–Crippen LogP) is 2.70. The quantitative estimate of drug-likeness (QED) is 0.434. The Hall–Kier alpha value is -3.14. The van der Waals surface area contributed by atoms with Crippen LogP contribution >= 0.6 is 0 Å². The molecule has 1 aromatic heterocycles. The molecule has 0 fully saturated rings. The molecule has 2 aromatic carbocycles. The molecule has 0 spiro atoms. The van der Waals surface area contributed by atoms with E-state index in [0.717, 1.165) is 5.56 Å². The number of hydrogen-bond acceptors (Lipinski definition) is 7. The van der Waals surface area contributed by atoms with Crippen molar-refractivity contribution in [3.63, 3.8) is 0 Å². The van der Waals surface area contributed by atoms with Gasteiger partial charge in [0.05, 0.1) is 0 Å². The molecule has 0 saturated carbocycles. The van der Waals surface area contributed by atoms with Crippen molar-refractivity contribution < 1.29 is 13.0 Å². The lowest BCUT2D eigenvalue weighted by Gasteiger charge is -2.10. The third-order valence-electron chi connectivity index (χ3n) is 4.42. The maximum atomic E-state index is 11.8. The lowest BCUT2D eigenvalue weighted by Crippen LogP contribution is -2.17. The highest BCUT2D eigenvalue weighted by Crippen LogP contribution is 2.21. The molecular formula is C22H25N5O3S. The van der Waals surface area contributed by atoms with Crippen molar-refractivity contribution >= 4 is 22.1 Å². The Bertz CT molecular complexity index is 1170. The van der Waals surface area contributed by atoms with Crippen LogP contribution in [0.2, 0.25) is 0 Å². The highest BCUT2D eigenvalue weighted by molar-refractivity contribution is 7.85. The average molecular weight is 440 g/mol. The van der Waals surface area contributed by atoms with Crippen LogP contribution in [-0.4, -0.2) is 41.0 Å². The summed E-state index contributed by atoms with van der Waals surface area (Å²) in [4.78, 5) is 13.3. The van der Waals surface area contributed by atoms with Gasteiger partial charge in [0, 0.05) is 25.9 Å². The van der Waals surface area contributed by atoms with E-state index in [1.807, 2.05) is 30.3 Å². The number of nitrogens with one attached hydrogen (secondary N) is 1. The highest BCUT2D eigenvalue weighted by atomic mass is 32.2. The fraction of sp³-hybridized carbons (Fsp3) is 0.227. The van der Waals surface area contributed by atoms with Crippen LogP contribution in [0.4, 0.5) is 5.95 Å². The summed E-state index contributed by atoms with van der Waals surface area (Å²) in [5.74, 6) is 1.50. The van der Waals surface area contributed by atoms with Crippen molar-refractivity contribution in [3.8, 4) is 0 Å². The number of hydrogen-bond donors (Lipinski definition) is 3. The van der Waals surface area contributed by atoms with E-state index in [4.69, 9.17) is 5.73 Å². The van der Waals surface area contributed by atoms with Gasteiger partial charge < -0.3 is 11.1 Å². The fourth-order valence-electron chi connectivity index (χ4n) is 3.08. The summed E-state index contributed by atoms with van der Waals surface area (Å²) in [6.07, 6.45) is 4.15. The summed E-state index contributed by atoms with van der Waals surface area (Å²) < 4.78 is 33.3. The second-order valence-electron chi connectivity index (χ2n) is 6.89.